The minimum atomic E-state index is -3.49. The summed E-state index contributed by atoms with van der Waals surface area (Å²) >= 11 is 1.70. The highest BCUT2D eigenvalue weighted by molar-refractivity contribution is 7.99. The van der Waals surface area contributed by atoms with Crippen LogP contribution in [0, 0.1) is 0 Å². The molecule has 1 rings (SSSR count). The van der Waals surface area contributed by atoms with Crippen LogP contribution in [0.5, 0.6) is 0 Å². The molecule has 1 aliphatic rings. The van der Waals surface area contributed by atoms with Gasteiger partial charge in [0.25, 0.3) is 0 Å². The maximum atomic E-state index is 11.9. The molecule has 0 heterocycles. The Morgan fingerprint density at radius 3 is 2.56 bits per heavy atom. The fourth-order valence-electron chi connectivity index (χ4n) is 2.01. The highest BCUT2D eigenvalue weighted by Crippen LogP contribution is 2.22. The molecular formula is C11H22N2O3S2. The monoisotopic (exact) mass is 294 g/mol. The number of rotatable bonds is 6. The summed E-state index contributed by atoms with van der Waals surface area (Å²) in [7, 11) is -3.49. The van der Waals surface area contributed by atoms with Crippen molar-refractivity contribution in [3.05, 3.63) is 0 Å². The fourth-order valence-corrected chi connectivity index (χ4v) is 3.99. The Labute approximate surface area is 114 Å². The smallest absolute Gasteiger partial charge is 0.328 e. The van der Waals surface area contributed by atoms with Gasteiger partial charge in [-0.3, -0.25) is 0 Å². The van der Waals surface area contributed by atoms with Gasteiger partial charge in [0.15, 0.2) is 0 Å². The molecule has 7 heteroatoms. The van der Waals surface area contributed by atoms with Crippen LogP contribution < -0.4 is 10.0 Å². The summed E-state index contributed by atoms with van der Waals surface area (Å²) in [5.74, 6) is 1.79. The van der Waals surface area contributed by atoms with Gasteiger partial charge in [0.05, 0.1) is 5.25 Å². The number of hydrogen-bond acceptors (Lipinski definition) is 4. The van der Waals surface area contributed by atoms with Gasteiger partial charge in [-0.15, -0.1) is 0 Å². The van der Waals surface area contributed by atoms with Crippen molar-refractivity contribution in [3.8, 4) is 0 Å². The second-order valence-corrected chi connectivity index (χ2v) is 7.71. The zero-order valence-corrected chi connectivity index (χ0v) is 12.4. The summed E-state index contributed by atoms with van der Waals surface area (Å²) < 4.78 is 25.9. The second-order valence-electron chi connectivity index (χ2n) is 4.36. The highest BCUT2D eigenvalue weighted by atomic mass is 32.2. The number of sulfonamides is 1. The van der Waals surface area contributed by atoms with E-state index in [0.29, 0.717) is 19.4 Å². The molecule has 1 aliphatic carbocycles. The Balaban J connectivity index is 2.32. The van der Waals surface area contributed by atoms with Crippen molar-refractivity contribution in [2.45, 2.75) is 44.3 Å². The molecule has 0 atom stereocenters. The number of carbonyl (C=O) groups is 1. The van der Waals surface area contributed by atoms with Crippen LogP contribution in [-0.2, 0) is 10.0 Å². The second kappa shape index (κ2) is 7.89. The quantitative estimate of drug-likeness (QED) is 0.731. The van der Waals surface area contributed by atoms with Gasteiger partial charge < -0.3 is 5.32 Å². The van der Waals surface area contributed by atoms with Gasteiger partial charge in [-0.25, -0.2) is 17.9 Å². The first-order valence-electron chi connectivity index (χ1n) is 6.43. The Bertz CT molecular complexity index is 351. The molecular weight excluding hydrogens is 272 g/mol. The number of carbonyl (C=O) groups excluding carboxylic acids is 1. The van der Waals surface area contributed by atoms with E-state index in [-0.39, 0.29) is 0 Å². The van der Waals surface area contributed by atoms with E-state index in [1.165, 1.54) is 0 Å². The number of nitrogens with one attached hydrogen (secondary N) is 2. The largest absolute Gasteiger partial charge is 0.336 e. The molecule has 2 N–H and O–H groups in total. The third-order valence-corrected chi connectivity index (χ3v) is 5.68. The van der Waals surface area contributed by atoms with Crippen molar-refractivity contribution in [1.82, 2.24) is 10.0 Å². The summed E-state index contributed by atoms with van der Waals surface area (Å²) in [6.45, 7) is 2.53. The first-order valence-corrected chi connectivity index (χ1v) is 9.13. The van der Waals surface area contributed by atoms with Crippen LogP contribution in [0.3, 0.4) is 0 Å². The van der Waals surface area contributed by atoms with E-state index in [1.807, 2.05) is 6.92 Å². The minimum Gasteiger partial charge on any atom is -0.336 e. The van der Waals surface area contributed by atoms with Crippen LogP contribution >= 0.6 is 11.8 Å². The lowest BCUT2D eigenvalue weighted by Crippen LogP contribution is -2.44. The van der Waals surface area contributed by atoms with Crippen LogP contribution in [-0.4, -0.2) is 37.7 Å². The molecule has 106 valence electrons. The third kappa shape index (κ3) is 5.48. The van der Waals surface area contributed by atoms with Gasteiger partial charge in [0.2, 0.25) is 10.0 Å². The van der Waals surface area contributed by atoms with Crippen LogP contribution in [0.15, 0.2) is 0 Å². The summed E-state index contributed by atoms with van der Waals surface area (Å²) in [6.07, 6.45) is 4.27. The van der Waals surface area contributed by atoms with Gasteiger partial charge >= 0.3 is 6.03 Å². The standard InChI is InChI=1S/C11H22N2O3S2/c1-2-17-9-8-12-11(14)13-18(15,16)10-6-4-3-5-7-10/h10H,2-9H2,1H3,(H2,12,13,14). The van der Waals surface area contributed by atoms with Crippen LogP contribution in [0.25, 0.3) is 0 Å². The lowest BCUT2D eigenvalue weighted by atomic mass is 10.0. The Morgan fingerprint density at radius 1 is 1.28 bits per heavy atom. The third-order valence-electron chi connectivity index (χ3n) is 2.96. The van der Waals surface area contributed by atoms with Crippen LogP contribution in [0.1, 0.15) is 39.0 Å². The molecule has 0 spiro atoms. The van der Waals surface area contributed by atoms with Gasteiger partial charge in [-0.2, -0.15) is 11.8 Å². The van der Waals surface area contributed by atoms with Gasteiger partial charge in [0.1, 0.15) is 0 Å². The first-order chi connectivity index (χ1) is 8.56. The summed E-state index contributed by atoms with van der Waals surface area (Å²) in [6, 6.07) is -0.600. The Kier molecular flexibility index (Phi) is 6.85. The van der Waals surface area contributed by atoms with E-state index in [4.69, 9.17) is 0 Å². The molecule has 2 amide bonds. The molecule has 0 saturated heterocycles. The zero-order valence-electron chi connectivity index (χ0n) is 10.8. The number of urea groups is 1. The van der Waals surface area contributed by atoms with Crippen LogP contribution in [0.4, 0.5) is 4.79 Å². The number of thioether (sulfide) groups is 1. The summed E-state index contributed by atoms with van der Waals surface area (Å²) in [5, 5.41) is 2.16. The predicted octanol–water partition coefficient (Wildman–Crippen LogP) is 1.70. The average Bonchev–Trinajstić information content (AvgIpc) is 2.35. The molecule has 1 saturated carbocycles. The van der Waals surface area contributed by atoms with E-state index >= 15 is 0 Å². The van der Waals surface area contributed by atoms with Gasteiger partial charge in [-0.05, 0) is 18.6 Å². The summed E-state index contributed by atoms with van der Waals surface area (Å²) in [4.78, 5) is 11.5. The van der Waals surface area contributed by atoms with E-state index in [9.17, 15) is 13.2 Å². The molecule has 5 nitrogen and oxygen atoms in total. The molecule has 0 aromatic heterocycles. The summed E-state index contributed by atoms with van der Waals surface area (Å²) in [5.41, 5.74) is 0. The van der Waals surface area contributed by atoms with Crippen molar-refractivity contribution in [1.29, 1.82) is 0 Å². The lowest BCUT2D eigenvalue weighted by Gasteiger charge is -2.21. The van der Waals surface area contributed by atoms with E-state index in [2.05, 4.69) is 10.0 Å². The highest BCUT2D eigenvalue weighted by Gasteiger charge is 2.28. The zero-order chi connectivity index (χ0) is 13.4. The van der Waals surface area contributed by atoms with E-state index in [1.54, 1.807) is 11.8 Å². The van der Waals surface area contributed by atoms with Crippen molar-refractivity contribution in [3.63, 3.8) is 0 Å². The normalized spacial score (nSPS) is 17.4. The molecule has 0 unspecified atom stereocenters. The Hall–Kier alpha value is -0.430. The average molecular weight is 294 g/mol. The fraction of sp³-hybridized carbons (Fsp3) is 0.909. The molecule has 0 bridgehead atoms. The molecule has 0 aromatic rings. The molecule has 0 aliphatic heterocycles. The lowest BCUT2D eigenvalue weighted by molar-refractivity contribution is 0.246. The Morgan fingerprint density at radius 2 is 1.94 bits per heavy atom. The predicted molar refractivity (Wildman–Crippen MR) is 75.3 cm³/mol. The first kappa shape index (κ1) is 15.6. The maximum Gasteiger partial charge on any atom is 0.328 e. The number of amides is 2. The van der Waals surface area contributed by atoms with Gasteiger partial charge in [0, 0.05) is 12.3 Å². The van der Waals surface area contributed by atoms with E-state index in [0.717, 1.165) is 30.8 Å². The molecule has 0 aromatic carbocycles. The van der Waals surface area contributed by atoms with Crippen molar-refractivity contribution >= 4 is 27.8 Å². The number of hydrogen-bond donors (Lipinski definition) is 2. The van der Waals surface area contributed by atoms with Gasteiger partial charge in [-0.1, -0.05) is 26.2 Å². The van der Waals surface area contributed by atoms with Crippen molar-refractivity contribution < 1.29 is 13.2 Å². The van der Waals surface area contributed by atoms with E-state index < -0.39 is 21.3 Å². The molecule has 0 radical (unpaired) electrons. The topological polar surface area (TPSA) is 75.3 Å². The van der Waals surface area contributed by atoms with Crippen molar-refractivity contribution in [2.75, 3.05) is 18.1 Å². The van der Waals surface area contributed by atoms with Crippen LogP contribution in [0.2, 0.25) is 0 Å². The molecule has 1 fully saturated rings. The van der Waals surface area contributed by atoms with Crippen molar-refractivity contribution in [2.24, 2.45) is 0 Å². The SMILES string of the molecule is CCSCCNC(=O)NS(=O)(=O)C1CCCCC1. The maximum absolute atomic E-state index is 11.9. The molecule has 18 heavy (non-hydrogen) atoms. The minimum absolute atomic E-state index is 0.401.